The second-order valence-electron chi connectivity index (χ2n) is 7.66. The fraction of sp³-hybridized carbons (Fsp3) is 0.706. The molecule has 2 fully saturated rings. The van der Waals surface area contributed by atoms with Crippen molar-refractivity contribution in [3.05, 3.63) is 17.8 Å². The predicted octanol–water partition coefficient (Wildman–Crippen LogP) is 3.01. The molecule has 0 amide bonds. The molecule has 4 nitrogen and oxygen atoms in total. The Morgan fingerprint density at radius 1 is 1.09 bits per heavy atom. The van der Waals surface area contributed by atoms with Crippen molar-refractivity contribution in [1.82, 2.24) is 4.98 Å². The Labute approximate surface area is 133 Å². The highest BCUT2D eigenvalue weighted by Crippen LogP contribution is 2.38. The molecule has 2 aliphatic rings. The number of nitrogens with zero attached hydrogens (tertiary/aromatic N) is 1. The molecule has 22 heavy (non-hydrogen) atoms. The Bertz CT molecular complexity index is 538. The quantitative estimate of drug-likeness (QED) is 0.853. The standard InChI is InChI=1S/C17H27BN2O2/c1-16(2)17(3,4)22-18(21-16)14-10-15(19)20-11-13(14)12-8-6-5-7-9-12/h10-12H,5-9H2,1-4H3,(H2,19,20). The van der Waals surface area contributed by atoms with E-state index in [4.69, 9.17) is 15.0 Å². The summed E-state index contributed by atoms with van der Waals surface area (Å²) in [6.45, 7) is 8.32. The lowest BCUT2D eigenvalue weighted by Gasteiger charge is -2.32. The molecular formula is C17H27BN2O2. The van der Waals surface area contributed by atoms with E-state index in [-0.39, 0.29) is 18.3 Å². The summed E-state index contributed by atoms with van der Waals surface area (Å²) in [4.78, 5) is 4.33. The van der Waals surface area contributed by atoms with Crippen LogP contribution in [0.2, 0.25) is 0 Å². The first-order chi connectivity index (χ1) is 10.3. The van der Waals surface area contributed by atoms with Crippen LogP contribution in [0.25, 0.3) is 0 Å². The van der Waals surface area contributed by atoms with Gasteiger partial charge in [0.2, 0.25) is 0 Å². The first-order valence-electron chi connectivity index (χ1n) is 8.41. The van der Waals surface area contributed by atoms with Crippen LogP contribution in [-0.2, 0) is 9.31 Å². The molecule has 2 heterocycles. The minimum atomic E-state index is -0.354. The summed E-state index contributed by atoms with van der Waals surface area (Å²) in [6.07, 6.45) is 8.29. The van der Waals surface area contributed by atoms with Crippen molar-refractivity contribution < 1.29 is 9.31 Å². The van der Waals surface area contributed by atoms with Gasteiger partial charge in [-0.3, -0.25) is 0 Å². The molecule has 1 aliphatic heterocycles. The summed E-state index contributed by atoms with van der Waals surface area (Å²) in [5.74, 6) is 1.08. The van der Waals surface area contributed by atoms with Crippen LogP contribution in [0.1, 0.15) is 71.3 Å². The maximum atomic E-state index is 6.23. The normalized spacial score (nSPS) is 24.6. The van der Waals surface area contributed by atoms with Gasteiger partial charge in [0.05, 0.1) is 11.2 Å². The van der Waals surface area contributed by atoms with Crippen molar-refractivity contribution >= 4 is 18.4 Å². The Balaban J connectivity index is 1.94. The van der Waals surface area contributed by atoms with Crippen molar-refractivity contribution in [2.75, 3.05) is 5.73 Å². The van der Waals surface area contributed by atoms with E-state index in [9.17, 15) is 0 Å². The van der Waals surface area contributed by atoms with Gasteiger partial charge < -0.3 is 15.0 Å². The van der Waals surface area contributed by atoms with Gasteiger partial charge in [0.15, 0.2) is 0 Å². The molecule has 0 aromatic carbocycles. The SMILES string of the molecule is CC1(C)OB(c2cc(N)ncc2C2CCCCC2)OC1(C)C. The zero-order valence-electron chi connectivity index (χ0n) is 14.2. The number of nitrogens with two attached hydrogens (primary N) is 1. The molecule has 3 rings (SSSR count). The van der Waals surface area contributed by atoms with Crippen LogP contribution in [0.3, 0.4) is 0 Å². The van der Waals surface area contributed by atoms with Gasteiger partial charge in [-0.15, -0.1) is 0 Å². The summed E-state index contributed by atoms with van der Waals surface area (Å²) in [5, 5.41) is 0. The number of pyridine rings is 1. The molecule has 0 bridgehead atoms. The number of anilines is 1. The molecule has 0 radical (unpaired) electrons. The predicted molar refractivity (Wildman–Crippen MR) is 90.2 cm³/mol. The van der Waals surface area contributed by atoms with Gasteiger partial charge in [0, 0.05) is 6.20 Å². The average molecular weight is 302 g/mol. The van der Waals surface area contributed by atoms with E-state index in [1.807, 2.05) is 12.3 Å². The van der Waals surface area contributed by atoms with Gasteiger partial charge in [0.1, 0.15) is 5.82 Å². The summed E-state index contributed by atoms with van der Waals surface area (Å²) < 4.78 is 12.5. The van der Waals surface area contributed by atoms with E-state index in [0.717, 1.165) is 5.46 Å². The molecule has 0 unspecified atom stereocenters. The highest BCUT2D eigenvalue weighted by molar-refractivity contribution is 6.62. The van der Waals surface area contributed by atoms with Crippen LogP contribution in [0.5, 0.6) is 0 Å². The van der Waals surface area contributed by atoms with Gasteiger partial charge >= 0.3 is 7.12 Å². The number of hydrogen-bond acceptors (Lipinski definition) is 4. The van der Waals surface area contributed by atoms with E-state index in [1.54, 1.807) is 0 Å². The molecule has 5 heteroatoms. The van der Waals surface area contributed by atoms with E-state index < -0.39 is 0 Å². The minimum absolute atomic E-state index is 0.334. The number of hydrogen-bond donors (Lipinski definition) is 1. The maximum Gasteiger partial charge on any atom is 0.495 e. The molecule has 0 spiro atoms. The van der Waals surface area contributed by atoms with Gasteiger partial charge in [-0.2, -0.15) is 0 Å². The fourth-order valence-corrected chi connectivity index (χ4v) is 3.43. The first kappa shape index (κ1) is 15.8. The Morgan fingerprint density at radius 3 is 2.27 bits per heavy atom. The van der Waals surface area contributed by atoms with E-state index in [1.165, 1.54) is 37.7 Å². The number of aromatic nitrogens is 1. The lowest BCUT2D eigenvalue weighted by atomic mass is 9.71. The van der Waals surface area contributed by atoms with Crippen molar-refractivity contribution in [2.24, 2.45) is 0 Å². The van der Waals surface area contributed by atoms with Gasteiger partial charge in [-0.05, 0) is 63.5 Å². The van der Waals surface area contributed by atoms with Crippen LogP contribution in [0.4, 0.5) is 5.82 Å². The molecule has 1 saturated carbocycles. The fourth-order valence-electron chi connectivity index (χ4n) is 3.43. The lowest BCUT2D eigenvalue weighted by molar-refractivity contribution is 0.00578. The summed E-state index contributed by atoms with van der Waals surface area (Å²) in [7, 11) is -0.354. The molecule has 2 N–H and O–H groups in total. The largest absolute Gasteiger partial charge is 0.495 e. The van der Waals surface area contributed by atoms with Crippen LogP contribution < -0.4 is 11.2 Å². The maximum absolute atomic E-state index is 6.23. The molecule has 120 valence electrons. The average Bonchev–Trinajstić information content (AvgIpc) is 2.68. The molecular weight excluding hydrogens is 275 g/mol. The topological polar surface area (TPSA) is 57.4 Å². The third-order valence-electron chi connectivity index (χ3n) is 5.54. The van der Waals surface area contributed by atoms with Crippen molar-refractivity contribution in [3.8, 4) is 0 Å². The first-order valence-corrected chi connectivity index (χ1v) is 8.41. The van der Waals surface area contributed by atoms with Crippen LogP contribution in [-0.4, -0.2) is 23.3 Å². The number of nitrogen functional groups attached to an aromatic ring is 1. The summed E-state index contributed by atoms with van der Waals surface area (Å²) in [5.41, 5.74) is 7.59. The summed E-state index contributed by atoms with van der Waals surface area (Å²) >= 11 is 0. The second kappa shape index (κ2) is 5.53. The lowest BCUT2D eigenvalue weighted by Crippen LogP contribution is -2.41. The third kappa shape index (κ3) is 2.76. The Morgan fingerprint density at radius 2 is 1.68 bits per heavy atom. The van der Waals surface area contributed by atoms with Crippen LogP contribution in [0.15, 0.2) is 12.3 Å². The zero-order valence-corrected chi connectivity index (χ0v) is 14.2. The molecule has 1 aliphatic carbocycles. The monoisotopic (exact) mass is 302 g/mol. The Hall–Kier alpha value is -1.07. The van der Waals surface area contributed by atoms with Crippen LogP contribution in [0, 0.1) is 0 Å². The molecule has 1 aromatic heterocycles. The van der Waals surface area contributed by atoms with Crippen molar-refractivity contribution in [3.63, 3.8) is 0 Å². The van der Waals surface area contributed by atoms with Crippen molar-refractivity contribution in [2.45, 2.75) is 76.9 Å². The summed E-state index contributed by atoms with van der Waals surface area (Å²) in [6, 6.07) is 1.94. The molecule has 0 atom stereocenters. The van der Waals surface area contributed by atoms with Crippen LogP contribution >= 0.6 is 0 Å². The molecule has 1 aromatic rings. The van der Waals surface area contributed by atoms with Crippen molar-refractivity contribution in [1.29, 1.82) is 0 Å². The van der Waals surface area contributed by atoms with E-state index in [0.29, 0.717) is 11.7 Å². The molecule has 1 saturated heterocycles. The van der Waals surface area contributed by atoms with E-state index >= 15 is 0 Å². The smallest absolute Gasteiger partial charge is 0.399 e. The van der Waals surface area contributed by atoms with Gasteiger partial charge in [-0.25, -0.2) is 4.98 Å². The second-order valence-corrected chi connectivity index (χ2v) is 7.66. The zero-order chi connectivity index (χ0) is 16.0. The number of rotatable bonds is 2. The van der Waals surface area contributed by atoms with Gasteiger partial charge in [-0.1, -0.05) is 19.3 Å². The third-order valence-corrected chi connectivity index (χ3v) is 5.54. The highest BCUT2D eigenvalue weighted by atomic mass is 16.7. The Kier molecular flexibility index (Phi) is 3.98. The highest BCUT2D eigenvalue weighted by Gasteiger charge is 2.52. The minimum Gasteiger partial charge on any atom is -0.399 e. The van der Waals surface area contributed by atoms with E-state index in [2.05, 4.69) is 32.7 Å². The van der Waals surface area contributed by atoms with Gasteiger partial charge in [0.25, 0.3) is 0 Å².